The summed E-state index contributed by atoms with van der Waals surface area (Å²) in [6.45, 7) is 4.60. The molecule has 84 valence electrons. The molecule has 0 saturated heterocycles. The second kappa shape index (κ2) is 3.61. The molecule has 0 unspecified atom stereocenters. The van der Waals surface area contributed by atoms with Crippen molar-refractivity contribution in [3.63, 3.8) is 0 Å². The molecule has 15 heavy (non-hydrogen) atoms. The zero-order valence-electron chi connectivity index (χ0n) is 8.95. The average Bonchev–Trinajstić information content (AvgIpc) is 2.60. The van der Waals surface area contributed by atoms with Crippen molar-refractivity contribution < 1.29 is 8.42 Å². The molecule has 0 aliphatic carbocycles. The molecule has 0 aromatic carbocycles. The molecule has 5 nitrogen and oxygen atoms in total. The molecule has 0 atom stereocenters. The van der Waals surface area contributed by atoms with E-state index < -0.39 is 10.0 Å². The van der Waals surface area contributed by atoms with Gasteiger partial charge in [-0.15, -0.1) is 0 Å². The summed E-state index contributed by atoms with van der Waals surface area (Å²) in [5.74, 6) is 0.166. The number of aryl methyl sites for hydroxylation is 1. The Morgan fingerprint density at radius 2 is 2.27 bits per heavy atom. The molecule has 1 N–H and O–H groups in total. The van der Waals surface area contributed by atoms with Gasteiger partial charge in [-0.1, -0.05) is 0 Å². The number of H-pyrrole nitrogens is 1. The van der Waals surface area contributed by atoms with Crippen molar-refractivity contribution in [3.05, 3.63) is 17.0 Å². The number of aromatic amines is 1. The highest BCUT2D eigenvalue weighted by Crippen LogP contribution is 2.21. The highest BCUT2D eigenvalue weighted by Gasteiger charge is 2.27. The lowest BCUT2D eigenvalue weighted by atomic mass is 10.1. The van der Waals surface area contributed by atoms with Crippen molar-refractivity contribution >= 4 is 10.0 Å². The van der Waals surface area contributed by atoms with Crippen LogP contribution in [0.25, 0.3) is 0 Å². The van der Waals surface area contributed by atoms with Gasteiger partial charge in [0.1, 0.15) is 0 Å². The van der Waals surface area contributed by atoms with Crippen LogP contribution in [0.2, 0.25) is 0 Å². The molecule has 1 aliphatic heterocycles. The second-order valence-corrected chi connectivity index (χ2v) is 6.01. The molecule has 2 rings (SSSR count). The van der Waals surface area contributed by atoms with E-state index in [4.69, 9.17) is 0 Å². The predicted octanol–water partition coefficient (Wildman–Crippen LogP) is 0.426. The van der Waals surface area contributed by atoms with Crippen LogP contribution in [-0.4, -0.2) is 35.2 Å². The van der Waals surface area contributed by atoms with Gasteiger partial charge in [0.15, 0.2) is 0 Å². The highest BCUT2D eigenvalue weighted by molar-refractivity contribution is 7.89. The van der Waals surface area contributed by atoms with Crippen LogP contribution in [-0.2, 0) is 23.0 Å². The molecule has 1 aliphatic rings. The first-order chi connectivity index (χ1) is 7.04. The topological polar surface area (TPSA) is 66.1 Å². The molecule has 1 aromatic heterocycles. The second-order valence-electron chi connectivity index (χ2n) is 3.75. The lowest BCUT2D eigenvalue weighted by Gasteiger charge is -2.25. The van der Waals surface area contributed by atoms with Crippen LogP contribution in [0.15, 0.2) is 0 Å². The van der Waals surface area contributed by atoms with Crippen LogP contribution < -0.4 is 0 Å². The standard InChI is InChI=1S/C9H15N3O2S/c1-3-15(13,14)12-5-4-9-8(6-12)7(2)10-11-9/h3-6H2,1-2H3,(H,10,11). The number of nitrogens with zero attached hydrogens (tertiary/aromatic N) is 2. The number of hydrogen-bond acceptors (Lipinski definition) is 3. The average molecular weight is 229 g/mol. The third-order valence-corrected chi connectivity index (χ3v) is 4.69. The van der Waals surface area contributed by atoms with E-state index in [2.05, 4.69) is 10.2 Å². The lowest BCUT2D eigenvalue weighted by Crippen LogP contribution is -2.36. The molecule has 1 aromatic rings. The van der Waals surface area contributed by atoms with Crippen molar-refractivity contribution in [3.8, 4) is 0 Å². The summed E-state index contributed by atoms with van der Waals surface area (Å²) < 4.78 is 24.9. The van der Waals surface area contributed by atoms with Crippen molar-refractivity contribution in [1.29, 1.82) is 0 Å². The molecule has 0 spiro atoms. The van der Waals surface area contributed by atoms with Gasteiger partial charge in [0.05, 0.1) is 11.4 Å². The normalized spacial score (nSPS) is 17.7. The van der Waals surface area contributed by atoms with E-state index in [1.807, 2.05) is 6.92 Å². The van der Waals surface area contributed by atoms with E-state index in [1.54, 1.807) is 6.92 Å². The Kier molecular flexibility index (Phi) is 2.56. The lowest BCUT2D eigenvalue weighted by molar-refractivity contribution is 0.390. The summed E-state index contributed by atoms with van der Waals surface area (Å²) >= 11 is 0. The third-order valence-electron chi connectivity index (χ3n) is 2.86. The number of hydrogen-bond donors (Lipinski definition) is 1. The maximum Gasteiger partial charge on any atom is 0.214 e. The van der Waals surface area contributed by atoms with E-state index in [0.717, 1.165) is 23.4 Å². The Morgan fingerprint density at radius 1 is 1.53 bits per heavy atom. The van der Waals surface area contributed by atoms with E-state index in [0.29, 0.717) is 13.1 Å². The van der Waals surface area contributed by atoms with Gasteiger partial charge in [-0.25, -0.2) is 8.42 Å². The van der Waals surface area contributed by atoms with Gasteiger partial charge >= 0.3 is 0 Å². The fraction of sp³-hybridized carbons (Fsp3) is 0.667. The summed E-state index contributed by atoms with van der Waals surface area (Å²) in [5.41, 5.74) is 3.02. The summed E-state index contributed by atoms with van der Waals surface area (Å²) in [5, 5.41) is 7.04. The van der Waals surface area contributed by atoms with E-state index in [1.165, 1.54) is 4.31 Å². The molecule has 0 bridgehead atoms. The van der Waals surface area contributed by atoms with Gasteiger partial charge < -0.3 is 0 Å². The van der Waals surface area contributed by atoms with Gasteiger partial charge in [-0.2, -0.15) is 9.40 Å². The Balaban J connectivity index is 2.29. The van der Waals surface area contributed by atoms with Gasteiger partial charge in [-0.3, -0.25) is 5.10 Å². The Bertz CT molecular complexity index is 464. The minimum absolute atomic E-state index is 0.166. The monoisotopic (exact) mass is 229 g/mol. The maximum absolute atomic E-state index is 11.7. The number of fused-ring (bicyclic) bond motifs is 1. The molecular formula is C9H15N3O2S. The minimum Gasteiger partial charge on any atom is -0.282 e. The Morgan fingerprint density at radius 3 is 2.93 bits per heavy atom. The number of rotatable bonds is 2. The van der Waals surface area contributed by atoms with Crippen molar-refractivity contribution in [2.24, 2.45) is 0 Å². The Hall–Kier alpha value is -0.880. The van der Waals surface area contributed by atoms with Crippen molar-refractivity contribution in [1.82, 2.24) is 14.5 Å². The SMILES string of the molecule is CCS(=O)(=O)N1CCc2[nH]nc(C)c2C1. The zero-order valence-corrected chi connectivity index (χ0v) is 9.76. The van der Waals surface area contributed by atoms with Gasteiger partial charge in [-0.05, 0) is 13.8 Å². The van der Waals surface area contributed by atoms with Crippen LogP contribution >= 0.6 is 0 Å². The molecular weight excluding hydrogens is 214 g/mol. The summed E-state index contributed by atoms with van der Waals surface area (Å²) in [7, 11) is -3.07. The van der Waals surface area contributed by atoms with Crippen molar-refractivity contribution in [2.45, 2.75) is 26.8 Å². The summed E-state index contributed by atoms with van der Waals surface area (Å²) in [6.07, 6.45) is 0.732. The summed E-state index contributed by atoms with van der Waals surface area (Å²) in [6, 6.07) is 0. The van der Waals surface area contributed by atoms with Gasteiger partial charge in [0.2, 0.25) is 10.0 Å². The maximum atomic E-state index is 11.7. The van der Waals surface area contributed by atoms with Gasteiger partial charge in [0, 0.05) is 30.8 Å². The smallest absolute Gasteiger partial charge is 0.214 e. The first kappa shape index (κ1) is 10.6. The van der Waals surface area contributed by atoms with E-state index in [9.17, 15) is 8.42 Å². The predicted molar refractivity (Wildman–Crippen MR) is 56.9 cm³/mol. The first-order valence-electron chi connectivity index (χ1n) is 5.05. The molecule has 6 heteroatoms. The van der Waals surface area contributed by atoms with Crippen LogP contribution in [0.1, 0.15) is 23.9 Å². The Labute approximate surface area is 89.5 Å². The first-order valence-corrected chi connectivity index (χ1v) is 6.66. The fourth-order valence-electron chi connectivity index (χ4n) is 1.83. The molecule has 0 radical (unpaired) electrons. The van der Waals surface area contributed by atoms with Crippen LogP contribution in [0, 0.1) is 6.92 Å². The van der Waals surface area contributed by atoms with E-state index in [-0.39, 0.29) is 5.75 Å². The van der Waals surface area contributed by atoms with Crippen molar-refractivity contribution in [2.75, 3.05) is 12.3 Å². The zero-order chi connectivity index (χ0) is 11.1. The van der Waals surface area contributed by atoms with E-state index >= 15 is 0 Å². The van der Waals surface area contributed by atoms with Crippen LogP contribution in [0.3, 0.4) is 0 Å². The van der Waals surface area contributed by atoms with Crippen LogP contribution in [0.5, 0.6) is 0 Å². The molecule has 0 fully saturated rings. The van der Waals surface area contributed by atoms with Crippen LogP contribution in [0.4, 0.5) is 0 Å². The number of sulfonamides is 1. The largest absolute Gasteiger partial charge is 0.282 e. The molecule has 0 saturated carbocycles. The third kappa shape index (κ3) is 1.79. The number of aromatic nitrogens is 2. The minimum atomic E-state index is -3.07. The summed E-state index contributed by atoms with van der Waals surface area (Å²) in [4.78, 5) is 0. The van der Waals surface area contributed by atoms with Gasteiger partial charge in [0.25, 0.3) is 0 Å². The highest BCUT2D eigenvalue weighted by atomic mass is 32.2. The quantitative estimate of drug-likeness (QED) is 0.799. The fourth-order valence-corrected chi connectivity index (χ4v) is 2.89. The number of nitrogens with one attached hydrogen (secondary N) is 1. The molecule has 2 heterocycles. The molecule has 0 amide bonds.